The number of carbonyl (C=O) groups is 1. The molecule has 2 unspecified atom stereocenters. The monoisotopic (exact) mass is 230 g/mol. The van der Waals surface area contributed by atoms with Crippen molar-refractivity contribution in [1.29, 1.82) is 0 Å². The molecule has 0 aromatic carbocycles. The van der Waals surface area contributed by atoms with Crippen LogP contribution in [0, 0.1) is 5.92 Å². The van der Waals surface area contributed by atoms with Gasteiger partial charge in [-0.25, -0.2) is 0 Å². The summed E-state index contributed by atoms with van der Waals surface area (Å²) >= 11 is 0. The predicted octanol–water partition coefficient (Wildman–Crippen LogP) is -0.107. The van der Waals surface area contributed by atoms with E-state index < -0.39 is 0 Å². The molecule has 0 bridgehead atoms. The van der Waals surface area contributed by atoms with Crippen molar-refractivity contribution in [3.05, 3.63) is 0 Å². The average Bonchev–Trinajstić information content (AvgIpc) is 2.76. The third-order valence-corrected chi connectivity index (χ3v) is 2.76. The van der Waals surface area contributed by atoms with Gasteiger partial charge >= 0.3 is 0 Å². The minimum absolute atomic E-state index is 0.0134. The van der Waals surface area contributed by atoms with Crippen molar-refractivity contribution in [2.75, 3.05) is 32.9 Å². The van der Waals surface area contributed by atoms with E-state index in [-0.39, 0.29) is 17.9 Å². The molecule has 16 heavy (non-hydrogen) atoms. The van der Waals surface area contributed by atoms with E-state index in [0.29, 0.717) is 32.9 Å². The summed E-state index contributed by atoms with van der Waals surface area (Å²) in [5, 5.41) is 2.86. The van der Waals surface area contributed by atoms with Gasteiger partial charge in [0.15, 0.2) is 0 Å². The number of hydrogen-bond acceptors (Lipinski definition) is 4. The first-order valence-corrected chi connectivity index (χ1v) is 5.96. The van der Waals surface area contributed by atoms with Gasteiger partial charge in [0.25, 0.3) is 0 Å². The Kier molecular flexibility index (Phi) is 6.37. The third kappa shape index (κ3) is 4.08. The first kappa shape index (κ1) is 13.4. The maximum atomic E-state index is 11.8. The molecule has 1 amide bonds. The Balaban J connectivity index is 2.14. The van der Waals surface area contributed by atoms with Crippen molar-refractivity contribution in [3.8, 4) is 0 Å². The predicted molar refractivity (Wildman–Crippen MR) is 61.0 cm³/mol. The molecule has 1 aliphatic rings. The zero-order valence-corrected chi connectivity index (χ0v) is 9.91. The maximum Gasteiger partial charge on any atom is 0.225 e. The molecule has 0 aromatic rings. The second kappa shape index (κ2) is 7.60. The number of rotatable bonds is 7. The fraction of sp³-hybridized carbons (Fsp3) is 0.909. The second-order valence-electron chi connectivity index (χ2n) is 3.90. The Morgan fingerprint density at radius 1 is 1.56 bits per heavy atom. The number of ether oxygens (including phenoxy) is 2. The molecule has 1 aliphatic heterocycles. The van der Waals surface area contributed by atoms with Gasteiger partial charge in [0, 0.05) is 19.7 Å². The maximum absolute atomic E-state index is 11.8. The van der Waals surface area contributed by atoms with Gasteiger partial charge in [-0.15, -0.1) is 0 Å². The van der Waals surface area contributed by atoms with Gasteiger partial charge in [-0.2, -0.15) is 0 Å². The SMILES string of the molecule is CCC1OCCC1C(=O)NCCOCCN. The number of carbonyl (C=O) groups excluding carboxylic acids is 1. The van der Waals surface area contributed by atoms with E-state index in [9.17, 15) is 4.79 Å². The number of amides is 1. The summed E-state index contributed by atoms with van der Waals surface area (Å²) in [5.41, 5.74) is 5.28. The zero-order valence-electron chi connectivity index (χ0n) is 9.91. The molecule has 1 fully saturated rings. The molecule has 0 aliphatic carbocycles. The number of hydrogen-bond donors (Lipinski definition) is 2. The fourth-order valence-electron chi connectivity index (χ4n) is 1.91. The molecule has 0 spiro atoms. The van der Waals surface area contributed by atoms with Gasteiger partial charge in [-0.3, -0.25) is 4.79 Å². The summed E-state index contributed by atoms with van der Waals surface area (Å²) in [6, 6.07) is 0. The first-order valence-electron chi connectivity index (χ1n) is 5.96. The molecule has 0 radical (unpaired) electrons. The van der Waals surface area contributed by atoms with Crippen molar-refractivity contribution < 1.29 is 14.3 Å². The molecule has 0 aromatic heterocycles. The Morgan fingerprint density at radius 2 is 2.38 bits per heavy atom. The lowest BCUT2D eigenvalue weighted by molar-refractivity contribution is -0.126. The quantitative estimate of drug-likeness (QED) is 0.599. The van der Waals surface area contributed by atoms with Gasteiger partial charge in [0.2, 0.25) is 5.91 Å². The molecule has 1 heterocycles. The van der Waals surface area contributed by atoms with Crippen molar-refractivity contribution >= 4 is 5.91 Å². The Morgan fingerprint density at radius 3 is 3.06 bits per heavy atom. The van der Waals surface area contributed by atoms with Crippen LogP contribution in [0.25, 0.3) is 0 Å². The van der Waals surface area contributed by atoms with Crippen molar-refractivity contribution in [2.45, 2.75) is 25.9 Å². The highest BCUT2D eigenvalue weighted by atomic mass is 16.5. The van der Waals surface area contributed by atoms with Crippen molar-refractivity contribution in [2.24, 2.45) is 11.7 Å². The van der Waals surface area contributed by atoms with E-state index in [1.807, 2.05) is 6.92 Å². The minimum Gasteiger partial charge on any atom is -0.378 e. The average molecular weight is 230 g/mol. The highest BCUT2D eigenvalue weighted by Gasteiger charge is 2.32. The van der Waals surface area contributed by atoms with Crippen LogP contribution in [0.3, 0.4) is 0 Å². The van der Waals surface area contributed by atoms with Crippen molar-refractivity contribution in [3.63, 3.8) is 0 Å². The molecule has 3 N–H and O–H groups in total. The summed E-state index contributed by atoms with van der Waals surface area (Å²) < 4.78 is 10.7. The third-order valence-electron chi connectivity index (χ3n) is 2.76. The van der Waals surface area contributed by atoms with Crippen LogP contribution < -0.4 is 11.1 Å². The second-order valence-corrected chi connectivity index (χ2v) is 3.90. The lowest BCUT2D eigenvalue weighted by Gasteiger charge is -2.16. The van der Waals surface area contributed by atoms with Gasteiger partial charge in [0.05, 0.1) is 25.2 Å². The minimum atomic E-state index is 0.0134. The molecular weight excluding hydrogens is 208 g/mol. The summed E-state index contributed by atoms with van der Waals surface area (Å²) in [6.45, 7) is 4.86. The van der Waals surface area contributed by atoms with Crippen LogP contribution >= 0.6 is 0 Å². The molecule has 1 rings (SSSR count). The first-order chi connectivity index (χ1) is 7.79. The normalized spacial score (nSPS) is 24.6. The van der Waals surface area contributed by atoms with E-state index in [0.717, 1.165) is 12.8 Å². The van der Waals surface area contributed by atoms with Gasteiger partial charge in [-0.05, 0) is 12.8 Å². The van der Waals surface area contributed by atoms with Crippen LogP contribution in [0.15, 0.2) is 0 Å². The van der Waals surface area contributed by atoms with E-state index >= 15 is 0 Å². The highest BCUT2D eigenvalue weighted by molar-refractivity contribution is 5.79. The summed E-state index contributed by atoms with van der Waals surface area (Å²) in [4.78, 5) is 11.8. The van der Waals surface area contributed by atoms with Gasteiger partial charge in [-0.1, -0.05) is 6.92 Å². The largest absolute Gasteiger partial charge is 0.378 e. The highest BCUT2D eigenvalue weighted by Crippen LogP contribution is 2.23. The van der Waals surface area contributed by atoms with Gasteiger partial charge in [0.1, 0.15) is 0 Å². The van der Waals surface area contributed by atoms with Crippen LogP contribution in [-0.2, 0) is 14.3 Å². The molecule has 1 saturated heterocycles. The van der Waals surface area contributed by atoms with Gasteiger partial charge < -0.3 is 20.5 Å². The molecule has 0 saturated carbocycles. The zero-order chi connectivity index (χ0) is 11.8. The van der Waals surface area contributed by atoms with Crippen LogP contribution in [0.1, 0.15) is 19.8 Å². The van der Waals surface area contributed by atoms with Crippen LogP contribution in [0.5, 0.6) is 0 Å². The summed E-state index contributed by atoms with van der Waals surface area (Å²) in [5.74, 6) is 0.0974. The molecule has 5 nitrogen and oxygen atoms in total. The van der Waals surface area contributed by atoms with Crippen LogP contribution in [0.2, 0.25) is 0 Å². The standard InChI is InChI=1S/C11H22N2O3/c1-2-10-9(3-6-16-10)11(14)13-5-8-15-7-4-12/h9-10H,2-8,12H2,1H3,(H,13,14). The van der Waals surface area contributed by atoms with E-state index in [1.54, 1.807) is 0 Å². The Bertz CT molecular complexity index is 211. The Hall–Kier alpha value is -0.650. The fourth-order valence-corrected chi connectivity index (χ4v) is 1.91. The molecule has 5 heteroatoms. The summed E-state index contributed by atoms with van der Waals surface area (Å²) in [7, 11) is 0. The lowest BCUT2D eigenvalue weighted by atomic mass is 9.99. The van der Waals surface area contributed by atoms with Crippen molar-refractivity contribution in [1.82, 2.24) is 5.32 Å². The van der Waals surface area contributed by atoms with E-state index in [1.165, 1.54) is 0 Å². The van der Waals surface area contributed by atoms with E-state index in [4.69, 9.17) is 15.2 Å². The summed E-state index contributed by atoms with van der Waals surface area (Å²) in [6.07, 6.45) is 1.81. The molecular formula is C11H22N2O3. The Labute approximate surface area is 96.7 Å². The smallest absolute Gasteiger partial charge is 0.225 e. The molecule has 94 valence electrons. The van der Waals surface area contributed by atoms with Crippen LogP contribution in [0.4, 0.5) is 0 Å². The lowest BCUT2D eigenvalue weighted by Crippen LogP contribution is -2.36. The number of nitrogens with two attached hydrogens (primary N) is 1. The number of nitrogens with one attached hydrogen (secondary N) is 1. The van der Waals surface area contributed by atoms with E-state index in [2.05, 4.69) is 5.32 Å². The topological polar surface area (TPSA) is 73.6 Å². The molecule has 2 atom stereocenters. The van der Waals surface area contributed by atoms with Crippen LogP contribution in [-0.4, -0.2) is 44.9 Å².